The first-order valence-corrected chi connectivity index (χ1v) is 7.80. The molecule has 2 nitrogen and oxygen atoms in total. The minimum Gasteiger partial charge on any atom is -0.311 e. The van der Waals surface area contributed by atoms with E-state index in [1.807, 2.05) is 0 Å². The molecule has 2 rings (SSSR count). The van der Waals surface area contributed by atoms with Crippen molar-refractivity contribution in [3.05, 3.63) is 34.6 Å². The van der Waals surface area contributed by atoms with E-state index in [2.05, 4.69) is 31.0 Å². The normalized spacial score (nSPS) is 24.3. The second kappa shape index (κ2) is 6.88. The SMILES string of the molecule is CCC1CNC(C(C)C)CN1Cc1ccc(Cl)cc1F. The molecular formula is C16H24ClFN2. The predicted molar refractivity (Wildman–Crippen MR) is 82.5 cm³/mol. The largest absolute Gasteiger partial charge is 0.311 e. The second-order valence-corrected chi connectivity index (χ2v) is 6.42. The van der Waals surface area contributed by atoms with Crippen molar-refractivity contribution in [1.29, 1.82) is 0 Å². The maximum absolute atomic E-state index is 14.0. The third-order valence-corrected chi connectivity index (χ3v) is 4.46. The van der Waals surface area contributed by atoms with Crippen molar-refractivity contribution in [3.8, 4) is 0 Å². The summed E-state index contributed by atoms with van der Waals surface area (Å²) < 4.78 is 14.0. The van der Waals surface area contributed by atoms with E-state index in [4.69, 9.17) is 11.6 Å². The standard InChI is InChI=1S/C16H24ClFN2/c1-4-14-8-19-16(11(2)3)10-20(14)9-12-5-6-13(17)7-15(12)18/h5-7,11,14,16,19H,4,8-10H2,1-3H3. The molecule has 1 heterocycles. The first kappa shape index (κ1) is 15.7. The van der Waals surface area contributed by atoms with E-state index >= 15 is 0 Å². The maximum atomic E-state index is 14.0. The summed E-state index contributed by atoms with van der Waals surface area (Å²) in [5.41, 5.74) is 0.734. The molecule has 0 aromatic heterocycles. The van der Waals surface area contributed by atoms with Gasteiger partial charge in [-0.2, -0.15) is 0 Å². The van der Waals surface area contributed by atoms with Gasteiger partial charge in [0.15, 0.2) is 0 Å². The van der Waals surface area contributed by atoms with Gasteiger partial charge in [0.05, 0.1) is 0 Å². The van der Waals surface area contributed by atoms with Crippen molar-refractivity contribution in [2.75, 3.05) is 13.1 Å². The van der Waals surface area contributed by atoms with Gasteiger partial charge in [-0.25, -0.2) is 4.39 Å². The van der Waals surface area contributed by atoms with Crippen LogP contribution in [-0.2, 0) is 6.54 Å². The molecule has 0 radical (unpaired) electrons. The van der Waals surface area contributed by atoms with E-state index in [0.29, 0.717) is 29.6 Å². The highest BCUT2D eigenvalue weighted by atomic mass is 35.5. The molecule has 0 amide bonds. The first-order chi connectivity index (χ1) is 9.51. The molecule has 2 atom stereocenters. The smallest absolute Gasteiger partial charge is 0.129 e. The topological polar surface area (TPSA) is 15.3 Å². The van der Waals surface area contributed by atoms with Crippen LogP contribution in [0, 0.1) is 11.7 Å². The van der Waals surface area contributed by atoms with Gasteiger partial charge in [-0.15, -0.1) is 0 Å². The Morgan fingerprint density at radius 3 is 2.80 bits per heavy atom. The van der Waals surface area contributed by atoms with Crippen molar-refractivity contribution < 1.29 is 4.39 Å². The molecule has 0 aliphatic carbocycles. The van der Waals surface area contributed by atoms with E-state index in [0.717, 1.165) is 25.1 Å². The number of rotatable bonds is 4. The van der Waals surface area contributed by atoms with Gasteiger partial charge >= 0.3 is 0 Å². The summed E-state index contributed by atoms with van der Waals surface area (Å²) in [7, 11) is 0. The molecule has 20 heavy (non-hydrogen) atoms. The van der Waals surface area contributed by atoms with Crippen LogP contribution < -0.4 is 5.32 Å². The molecule has 0 bridgehead atoms. The van der Waals surface area contributed by atoms with Crippen molar-refractivity contribution in [1.82, 2.24) is 10.2 Å². The molecule has 112 valence electrons. The molecular weight excluding hydrogens is 275 g/mol. The Balaban J connectivity index is 2.11. The van der Waals surface area contributed by atoms with Gasteiger partial charge in [0, 0.05) is 42.3 Å². The molecule has 1 saturated heterocycles. The summed E-state index contributed by atoms with van der Waals surface area (Å²) in [4.78, 5) is 2.40. The molecule has 2 unspecified atom stereocenters. The van der Waals surface area contributed by atoms with Crippen LogP contribution in [0.15, 0.2) is 18.2 Å². The zero-order valence-electron chi connectivity index (χ0n) is 12.5. The predicted octanol–water partition coefficient (Wildman–Crippen LogP) is 3.69. The minimum atomic E-state index is -0.202. The minimum absolute atomic E-state index is 0.202. The number of nitrogens with zero attached hydrogens (tertiary/aromatic N) is 1. The van der Waals surface area contributed by atoms with Crippen LogP contribution in [0.2, 0.25) is 5.02 Å². The van der Waals surface area contributed by atoms with Gasteiger partial charge < -0.3 is 5.32 Å². The van der Waals surface area contributed by atoms with Crippen LogP contribution in [0.5, 0.6) is 0 Å². The Kier molecular flexibility index (Phi) is 5.42. The molecule has 0 spiro atoms. The fourth-order valence-corrected chi connectivity index (χ4v) is 2.95. The lowest BCUT2D eigenvalue weighted by molar-refractivity contribution is 0.102. The van der Waals surface area contributed by atoms with Crippen molar-refractivity contribution in [2.24, 2.45) is 5.92 Å². The molecule has 0 saturated carbocycles. The van der Waals surface area contributed by atoms with Gasteiger partial charge in [-0.1, -0.05) is 38.4 Å². The Labute approximate surface area is 126 Å². The average molecular weight is 299 g/mol. The summed E-state index contributed by atoms with van der Waals surface area (Å²) in [5, 5.41) is 4.06. The van der Waals surface area contributed by atoms with E-state index in [1.165, 1.54) is 6.07 Å². The van der Waals surface area contributed by atoms with E-state index in [9.17, 15) is 4.39 Å². The van der Waals surface area contributed by atoms with Crippen molar-refractivity contribution in [3.63, 3.8) is 0 Å². The highest BCUT2D eigenvalue weighted by Crippen LogP contribution is 2.21. The van der Waals surface area contributed by atoms with Crippen LogP contribution >= 0.6 is 11.6 Å². The fraction of sp³-hybridized carbons (Fsp3) is 0.625. The van der Waals surface area contributed by atoms with Crippen LogP contribution in [0.1, 0.15) is 32.8 Å². The van der Waals surface area contributed by atoms with Gasteiger partial charge in [0.1, 0.15) is 5.82 Å². The number of benzene rings is 1. The Morgan fingerprint density at radius 1 is 1.45 bits per heavy atom. The Morgan fingerprint density at radius 2 is 2.20 bits per heavy atom. The van der Waals surface area contributed by atoms with Crippen LogP contribution in [0.3, 0.4) is 0 Å². The lowest BCUT2D eigenvalue weighted by Crippen LogP contribution is -2.57. The molecule has 1 aromatic carbocycles. The molecule has 1 aliphatic heterocycles. The zero-order valence-corrected chi connectivity index (χ0v) is 13.3. The Hall–Kier alpha value is -0.640. The van der Waals surface area contributed by atoms with E-state index in [-0.39, 0.29) is 5.82 Å². The Bertz CT molecular complexity index is 450. The molecule has 1 aromatic rings. The first-order valence-electron chi connectivity index (χ1n) is 7.42. The summed E-state index contributed by atoms with van der Waals surface area (Å²) in [6.07, 6.45) is 1.08. The monoisotopic (exact) mass is 298 g/mol. The molecule has 1 N–H and O–H groups in total. The lowest BCUT2D eigenvalue weighted by Gasteiger charge is -2.41. The number of piperazine rings is 1. The van der Waals surface area contributed by atoms with Crippen LogP contribution in [0.25, 0.3) is 0 Å². The number of hydrogen-bond donors (Lipinski definition) is 1. The summed E-state index contributed by atoms with van der Waals surface area (Å²) in [6.45, 7) is 9.25. The highest BCUT2D eigenvalue weighted by molar-refractivity contribution is 6.30. The molecule has 1 aliphatic rings. The van der Waals surface area contributed by atoms with Gasteiger partial charge in [0.2, 0.25) is 0 Å². The number of nitrogens with one attached hydrogen (secondary N) is 1. The lowest BCUT2D eigenvalue weighted by atomic mass is 9.98. The van der Waals surface area contributed by atoms with E-state index < -0.39 is 0 Å². The third kappa shape index (κ3) is 3.72. The van der Waals surface area contributed by atoms with Crippen molar-refractivity contribution >= 4 is 11.6 Å². The van der Waals surface area contributed by atoms with Crippen LogP contribution in [0.4, 0.5) is 4.39 Å². The second-order valence-electron chi connectivity index (χ2n) is 5.99. The quantitative estimate of drug-likeness (QED) is 0.912. The third-order valence-electron chi connectivity index (χ3n) is 4.23. The number of halogens is 2. The van der Waals surface area contributed by atoms with Gasteiger partial charge in [-0.05, 0) is 24.5 Å². The highest BCUT2D eigenvalue weighted by Gasteiger charge is 2.28. The average Bonchev–Trinajstić information content (AvgIpc) is 2.41. The molecule has 1 fully saturated rings. The molecule has 4 heteroatoms. The maximum Gasteiger partial charge on any atom is 0.129 e. The van der Waals surface area contributed by atoms with Gasteiger partial charge in [-0.3, -0.25) is 4.90 Å². The summed E-state index contributed by atoms with van der Waals surface area (Å²) in [6, 6.07) is 5.92. The van der Waals surface area contributed by atoms with E-state index in [1.54, 1.807) is 12.1 Å². The fourth-order valence-electron chi connectivity index (χ4n) is 2.79. The van der Waals surface area contributed by atoms with Crippen LogP contribution in [-0.4, -0.2) is 30.1 Å². The van der Waals surface area contributed by atoms with Gasteiger partial charge in [0.25, 0.3) is 0 Å². The summed E-state index contributed by atoms with van der Waals surface area (Å²) >= 11 is 5.82. The number of hydrogen-bond acceptors (Lipinski definition) is 2. The zero-order chi connectivity index (χ0) is 14.7. The van der Waals surface area contributed by atoms with Crippen molar-refractivity contribution in [2.45, 2.75) is 45.8 Å². The summed E-state index contributed by atoms with van der Waals surface area (Å²) in [5.74, 6) is 0.386.